The molecule has 0 radical (unpaired) electrons. The average Bonchev–Trinajstić information content (AvgIpc) is 2.82. The number of primary amides is 1. The number of aryl methyl sites for hydroxylation is 1. The molecule has 7 nitrogen and oxygen atoms in total. The molecule has 0 aliphatic heterocycles. The molecule has 2 aromatic heterocycles. The summed E-state index contributed by atoms with van der Waals surface area (Å²) in [5, 5.41) is 7.81. The zero-order valence-corrected chi connectivity index (χ0v) is 9.99. The molecule has 0 unspecified atom stereocenters. The maximum atomic E-state index is 11.2. The number of aromatic nitrogens is 3. The molecule has 0 spiro atoms. The van der Waals surface area contributed by atoms with Crippen molar-refractivity contribution in [2.75, 3.05) is 11.1 Å². The summed E-state index contributed by atoms with van der Waals surface area (Å²) >= 11 is 1.11. The lowest BCUT2D eigenvalue weighted by Crippen LogP contribution is -2.14. The topological polar surface area (TPSA) is 112 Å². The lowest BCUT2D eigenvalue weighted by molar-refractivity contribution is 0.100. The number of nitrogens with zero attached hydrogens (tertiary/aromatic N) is 3. The third-order valence-electron chi connectivity index (χ3n) is 2.16. The molecule has 2 heterocycles. The van der Waals surface area contributed by atoms with Crippen LogP contribution in [0.15, 0.2) is 12.3 Å². The lowest BCUT2D eigenvalue weighted by Gasteiger charge is -2.02. The predicted molar refractivity (Wildman–Crippen MR) is 65.6 cm³/mol. The van der Waals surface area contributed by atoms with Crippen molar-refractivity contribution in [3.05, 3.63) is 23.5 Å². The average molecular weight is 252 g/mol. The number of rotatable bonds is 4. The number of hydrogen-bond donors (Lipinski definition) is 3. The van der Waals surface area contributed by atoms with Gasteiger partial charge in [0.25, 0.3) is 5.91 Å². The van der Waals surface area contributed by atoms with E-state index in [1.54, 1.807) is 4.68 Å². The fourth-order valence-electron chi connectivity index (χ4n) is 1.39. The molecule has 8 heteroatoms. The number of carbonyl (C=O) groups excluding carboxylic acids is 1. The molecule has 90 valence electrons. The molecule has 0 saturated heterocycles. The highest BCUT2D eigenvalue weighted by molar-refractivity contribution is 7.11. The fraction of sp³-hybridized carbons (Fsp3) is 0.222. The van der Waals surface area contributed by atoms with E-state index < -0.39 is 5.91 Å². The second-order valence-corrected chi connectivity index (χ2v) is 4.24. The van der Waals surface area contributed by atoms with Gasteiger partial charge in [-0.15, -0.1) is 0 Å². The van der Waals surface area contributed by atoms with Gasteiger partial charge >= 0.3 is 0 Å². The van der Waals surface area contributed by atoms with E-state index in [2.05, 4.69) is 14.8 Å². The Bertz CT molecular complexity index is 545. The third kappa shape index (κ3) is 2.36. The van der Waals surface area contributed by atoms with E-state index in [9.17, 15) is 4.79 Å². The van der Waals surface area contributed by atoms with Crippen LogP contribution in [-0.2, 0) is 13.6 Å². The number of hydrogen-bond acceptors (Lipinski definition) is 6. The van der Waals surface area contributed by atoms with Crippen molar-refractivity contribution < 1.29 is 4.79 Å². The van der Waals surface area contributed by atoms with Gasteiger partial charge in [-0.25, -0.2) is 0 Å². The highest BCUT2D eigenvalue weighted by Crippen LogP contribution is 2.26. The third-order valence-corrected chi connectivity index (χ3v) is 2.98. The number of nitrogens with two attached hydrogens (primary N) is 2. The van der Waals surface area contributed by atoms with E-state index in [4.69, 9.17) is 11.5 Å². The Hall–Kier alpha value is -2.09. The van der Waals surface area contributed by atoms with Gasteiger partial charge in [-0.1, -0.05) is 0 Å². The molecular formula is C9H12N6OS. The maximum Gasteiger partial charge on any atom is 0.255 e. The molecule has 0 aliphatic rings. The number of carbonyl (C=O) groups is 1. The first kappa shape index (κ1) is 11.4. The van der Waals surface area contributed by atoms with Crippen LogP contribution in [0.1, 0.15) is 16.1 Å². The molecule has 0 atom stereocenters. The van der Waals surface area contributed by atoms with E-state index in [1.807, 2.05) is 19.3 Å². The van der Waals surface area contributed by atoms with Gasteiger partial charge in [0.1, 0.15) is 10.6 Å². The van der Waals surface area contributed by atoms with Crippen LogP contribution in [-0.4, -0.2) is 20.1 Å². The molecule has 0 saturated carbocycles. The second-order valence-electron chi connectivity index (χ2n) is 3.47. The van der Waals surface area contributed by atoms with Gasteiger partial charge in [-0.05, 0) is 17.6 Å². The predicted octanol–water partition coefficient (Wildman–Crippen LogP) is 0.170. The quantitative estimate of drug-likeness (QED) is 0.718. The lowest BCUT2D eigenvalue weighted by atomic mass is 10.3. The number of nitrogens with one attached hydrogen (secondary N) is 1. The first-order valence-corrected chi connectivity index (χ1v) is 5.62. The summed E-state index contributed by atoms with van der Waals surface area (Å²) in [6, 6.07) is 1.88. The smallest absolute Gasteiger partial charge is 0.255 e. The normalized spacial score (nSPS) is 10.4. The van der Waals surface area contributed by atoms with Crippen molar-refractivity contribution in [3.63, 3.8) is 0 Å². The maximum absolute atomic E-state index is 11.2. The molecule has 2 aromatic rings. The Morgan fingerprint density at radius 1 is 1.65 bits per heavy atom. The number of nitrogen functional groups attached to an aromatic ring is 1. The van der Waals surface area contributed by atoms with Crippen LogP contribution in [0.5, 0.6) is 0 Å². The molecule has 2 rings (SSSR count). The minimum atomic E-state index is -0.584. The summed E-state index contributed by atoms with van der Waals surface area (Å²) in [6.07, 6.45) is 1.84. The highest BCUT2D eigenvalue weighted by Gasteiger charge is 2.16. The van der Waals surface area contributed by atoms with Crippen molar-refractivity contribution in [3.8, 4) is 0 Å². The van der Waals surface area contributed by atoms with Crippen molar-refractivity contribution in [1.82, 2.24) is 14.2 Å². The van der Waals surface area contributed by atoms with E-state index in [0.29, 0.717) is 11.5 Å². The Labute approximate surface area is 102 Å². The van der Waals surface area contributed by atoms with Crippen molar-refractivity contribution in [2.45, 2.75) is 6.54 Å². The Morgan fingerprint density at radius 3 is 3.00 bits per heavy atom. The Balaban J connectivity index is 2.11. The first-order valence-electron chi connectivity index (χ1n) is 4.85. The molecule has 0 aromatic carbocycles. The van der Waals surface area contributed by atoms with Gasteiger partial charge in [0.15, 0.2) is 5.82 Å². The molecular weight excluding hydrogens is 240 g/mol. The van der Waals surface area contributed by atoms with Gasteiger partial charge < -0.3 is 16.8 Å². The van der Waals surface area contributed by atoms with Crippen LogP contribution in [0.25, 0.3) is 0 Å². The monoisotopic (exact) mass is 252 g/mol. The van der Waals surface area contributed by atoms with Gasteiger partial charge in [-0.2, -0.15) is 9.47 Å². The van der Waals surface area contributed by atoms with Gasteiger partial charge in [0.05, 0.1) is 12.2 Å². The zero-order valence-electron chi connectivity index (χ0n) is 9.17. The van der Waals surface area contributed by atoms with E-state index in [0.717, 1.165) is 17.2 Å². The van der Waals surface area contributed by atoms with Gasteiger partial charge in [0, 0.05) is 13.2 Å². The summed E-state index contributed by atoms with van der Waals surface area (Å²) in [4.78, 5) is 11.2. The summed E-state index contributed by atoms with van der Waals surface area (Å²) in [7, 11) is 1.84. The van der Waals surface area contributed by atoms with Crippen LogP contribution in [0.4, 0.5) is 10.8 Å². The van der Waals surface area contributed by atoms with E-state index >= 15 is 0 Å². The molecule has 5 N–H and O–H groups in total. The number of anilines is 2. The van der Waals surface area contributed by atoms with Crippen LogP contribution < -0.4 is 16.8 Å². The standard InChI is InChI=1S/C9H12N6OS/c1-15-3-2-5(13-15)4-12-9-6(8(11)16)7(10)14-17-9/h2-3,12H,4H2,1H3,(H2,10,14)(H2,11,16). The minimum absolute atomic E-state index is 0.158. The van der Waals surface area contributed by atoms with Crippen LogP contribution in [0.3, 0.4) is 0 Å². The van der Waals surface area contributed by atoms with Crippen molar-refractivity contribution >= 4 is 28.3 Å². The highest BCUT2D eigenvalue weighted by atomic mass is 32.1. The zero-order chi connectivity index (χ0) is 12.4. The van der Waals surface area contributed by atoms with Crippen LogP contribution >= 0.6 is 11.5 Å². The Kier molecular flexibility index (Phi) is 2.96. The SMILES string of the molecule is Cn1ccc(CNc2snc(N)c2C(N)=O)n1. The van der Waals surface area contributed by atoms with Gasteiger partial charge in [-0.3, -0.25) is 9.48 Å². The molecule has 17 heavy (non-hydrogen) atoms. The van der Waals surface area contributed by atoms with Gasteiger partial charge in [0.2, 0.25) is 0 Å². The molecule has 1 amide bonds. The summed E-state index contributed by atoms with van der Waals surface area (Å²) in [5.74, 6) is -0.425. The van der Waals surface area contributed by atoms with E-state index in [1.165, 1.54) is 0 Å². The minimum Gasteiger partial charge on any atom is -0.382 e. The first-order chi connectivity index (χ1) is 8.08. The van der Waals surface area contributed by atoms with Crippen molar-refractivity contribution in [1.29, 1.82) is 0 Å². The van der Waals surface area contributed by atoms with Crippen molar-refractivity contribution in [2.24, 2.45) is 12.8 Å². The molecule has 0 bridgehead atoms. The second kappa shape index (κ2) is 4.42. The number of amides is 1. The fourth-order valence-corrected chi connectivity index (χ4v) is 2.10. The summed E-state index contributed by atoms with van der Waals surface area (Å²) in [6.45, 7) is 0.489. The largest absolute Gasteiger partial charge is 0.382 e. The summed E-state index contributed by atoms with van der Waals surface area (Å²) < 4.78 is 5.59. The Morgan fingerprint density at radius 2 is 2.41 bits per heavy atom. The van der Waals surface area contributed by atoms with Crippen LogP contribution in [0.2, 0.25) is 0 Å². The summed E-state index contributed by atoms with van der Waals surface area (Å²) in [5.41, 5.74) is 11.9. The molecule has 0 fully saturated rings. The molecule has 0 aliphatic carbocycles. The van der Waals surface area contributed by atoms with E-state index in [-0.39, 0.29) is 11.4 Å². The van der Waals surface area contributed by atoms with Crippen LogP contribution in [0, 0.1) is 0 Å².